The lowest BCUT2D eigenvalue weighted by atomic mass is 10.2. The van der Waals surface area contributed by atoms with Crippen molar-refractivity contribution < 1.29 is 9.90 Å². The van der Waals surface area contributed by atoms with Crippen LogP contribution in [0.4, 0.5) is 5.69 Å². The first-order chi connectivity index (χ1) is 7.49. The maximum Gasteiger partial charge on any atom is 0.303 e. The number of carboxylic acids is 1. The molecule has 0 saturated heterocycles. The quantitative estimate of drug-likeness (QED) is 0.646. The lowest BCUT2D eigenvalue weighted by molar-refractivity contribution is -0.137. The Morgan fingerprint density at radius 3 is 2.88 bits per heavy atom. The Labute approximate surface area is 108 Å². The summed E-state index contributed by atoms with van der Waals surface area (Å²) in [5, 5.41) is 8.83. The Balaban J connectivity index is 2.55. The summed E-state index contributed by atoms with van der Waals surface area (Å²) < 4.78 is 0.951. The molecule has 1 rings (SSSR count). The Morgan fingerprint density at radius 2 is 2.31 bits per heavy atom. The highest BCUT2D eigenvalue weighted by Crippen LogP contribution is 2.32. The zero-order valence-corrected chi connectivity index (χ0v) is 11.3. The van der Waals surface area contributed by atoms with Gasteiger partial charge in [0.1, 0.15) is 0 Å². The first-order valence-corrected chi connectivity index (χ1v) is 6.60. The van der Waals surface area contributed by atoms with E-state index in [4.69, 9.17) is 10.8 Å². The molecule has 1 aromatic carbocycles. The second-order valence-corrected chi connectivity index (χ2v) is 5.94. The van der Waals surface area contributed by atoms with E-state index >= 15 is 0 Å². The second kappa shape index (κ2) is 6.15. The molecule has 0 aliphatic heterocycles. The number of carbonyl (C=O) groups is 1. The molecular weight excluding hydrogens is 290 g/mol. The monoisotopic (exact) mass is 303 g/mol. The van der Waals surface area contributed by atoms with Crippen molar-refractivity contribution in [1.82, 2.24) is 0 Å². The minimum atomic E-state index is -0.753. The van der Waals surface area contributed by atoms with Crippen LogP contribution in [0.2, 0.25) is 0 Å². The smallest absolute Gasteiger partial charge is 0.303 e. The number of rotatable bonds is 5. The van der Waals surface area contributed by atoms with Crippen molar-refractivity contribution >= 4 is 39.3 Å². The van der Waals surface area contributed by atoms with Gasteiger partial charge in [-0.2, -0.15) is 0 Å². The number of hydrogen-bond donors (Lipinski definition) is 2. The molecule has 0 aromatic heterocycles. The minimum Gasteiger partial charge on any atom is -0.481 e. The molecule has 0 saturated carbocycles. The zero-order chi connectivity index (χ0) is 12.1. The number of thioether (sulfide) groups is 1. The van der Waals surface area contributed by atoms with Crippen LogP contribution >= 0.6 is 27.7 Å². The molecule has 3 N–H and O–H groups in total. The summed E-state index contributed by atoms with van der Waals surface area (Å²) in [6.07, 6.45) is 0.847. The fourth-order valence-electron chi connectivity index (χ4n) is 1.23. The fraction of sp³-hybridized carbons (Fsp3) is 0.364. The molecule has 0 fully saturated rings. The number of benzene rings is 1. The van der Waals surface area contributed by atoms with E-state index in [1.165, 1.54) is 0 Å². The van der Waals surface area contributed by atoms with Crippen molar-refractivity contribution in [2.75, 3.05) is 5.73 Å². The summed E-state index contributed by atoms with van der Waals surface area (Å²) in [6.45, 7) is 2.01. The van der Waals surface area contributed by atoms with E-state index in [0.717, 1.165) is 15.1 Å². The topological polar surface area (TPSA) is 63.3 Å². The van der Waals surface area contributed by atoms with Gasteiger partial charge in [-0.25, -0.2) is 0 Å². The zero-order valence-electron chi connectivity index (χ0n) is 8.94. The van der Waals surface area contributed by atoms with Crippen LogP contribution in [0.25, 0.3) is 0 Å². The third-order valence-corrected chi connectivity index (χ3v) is 3.82. The molecule has 0 radical (unpaired) electrons. The predicted octanol–water partition coefficient (Wildman–Crippen LogP) is 3.38. The number of carboxylic acid groups (broad SMARTS) is 1. The average Bonchev–Trinajstić information content (AvgIpc) is 2.19. The van der Waals surface area contributed by atoms with Gasteiger partial charge in [0.05, 0.1) is 0 Å². The minimum absolute atomic E-state index is 0.199. The molecule has 1 atom stereocenters. The van der Waals surface area contributed by atoms with Crippen molar-refractivity contribution in [2.24, 2.45) is 0 Å². The van der Waals surface area contributed by atoms with Crippen LogP contribution in [0.5, 0.6) is 0 Å². The summed E-state index contributed by atoms with van der Waals surface area (Å²) in [5.74, 6) is -0.753. The molecule has 0 heterocycles. The van der Waals surface area contributed by atoms with E-state index in [1.807, 2.05) is 25.1 Å². The Bertz CT molecular complexity index is 384. The molecule has 0 spiro atoms. The van der Waals surface area contributed by atoms with Gasteiger partial charge in [-0.15, -0.1) is 11.8 Å². The fourth-order valence-corrected chi connectivity index (χ4v) is 2.62. The van der Waals surface area contributed by atoms with Crippen molar-refractivity contribution in [3.05, 3.63) is 22.7 Å². The highest BCUT2D eigenvalue weighted by atomic mass is 79.9. The molecule has 88 valence electrons. The summed E-state index contributed by atoms with van der Waals surface area (Å²) in [5.41, 5.74) is 6.58. The van der Waals surface area contributed by atoms with Gasteiger partial charge in [-0.1, -0.05) is 22.9 Å². The highest BCUT2D eigenvalue weighted by molar-refractivity contribution is 9.10. The number of nitrogens with two attached hydrogens (primary N) is 1. The van der Waals surface area contributed by atoms with Crippen LogP contribution in [0.3, 0.4) is 0 Å². The molecule has 0 bridgehead atoms. The van der Waals surface area contributed by atoms with Gasteiger partial charge in [-0.05, 0) is 24.6 Å². The number of anilines is 1. The largest absolute Gasteiger partial charge is 0.481 e. The summed E-state index contributed by atoms with van der Waals surface area (Å²) in [7, 11) is 0. The number of nitrogen functional groups attached to an aromatic ring is 1. The Kier molecular flexibility index (Phi) is 5.15. The average molecular weight is 304 g/mol. The third kappa shape index (κ3) is 4.45. The molecule has 0 aliphatic rings. The lowest BCUT2D eigenvalue weighted by Crippen LogP contribution is -2.02. The Morgan fingerprint density at radius 1 is 1.62 bits per heavy atom. The van der Waals surface area contributed by atoms with Gasteiger partial charge >= 0.3 is 5.97 Å². The third-order valence-electron chi connectivity index (χ3n) is 2.06. The maximum atomic E-state index is 10.4. The predicted molar refractivity (Wildman–Crippen MR) is 70.7 cm³/mol. The van der Waals surface area contributed by atoms with Gasteiger partial charge in [0, 0.05) is 26.7 Å². The molecule has 16 heavy (non-hydrogen) atoms. The van der Waals surface area contributed by atoms with Crippen LogP contribution in [-0.2, 0) is 4.79 Å². The summed E-state index contributed by atoms with van der Waals surface area (Å²) in [4.78, 5) is 11.4. The van der Waals surface area contributed by atoms with Crippen LogP contribution in [0.1, 0.15) is 19.8 Å². The van der Waals surface area contributed by atoms with Gasteiger partial charge in [0.25, 0.3) is 0 Å². The van der Waals surface area contributed by atoms with Gasteiger partial charge in [-0.3, -0.25) is 4.79 Å². The van der Waals surface area contributed by atoms with Crippen molar-refractivity contribution in [2.45, 2.75) is 29.9 Å². The molecule has 5 heteroatoms. The van der Waals surface area contributed by atoms with Crippen LogP contribution in [0.15, 0.2) is 27.6 Å². The maximum absolute atomic E-state index is 10.4. The van der Waals surface area contributed by atoms with Crippen LogP contribution in [-0.4, -0.2) is 16.3 Å². The molecule has 0 aliphatic carbocycles. The van der Waals surface area contributed by atoms with Crippen LogP contribution < -0.4 is 5.73 Å². The first-order valence-electron chi connectivity index (χ1n) is 4.92. The van der Waals surface area contributed by atoms with Gasteiger partial charge < -0.3 is 10.8 Å². The van der Waals surface area contributed by atoms with E-state index in [2.05, 4.69) is 15.9 Å². The van der Waals surface area contributed by atoms with E-state index in [-0.39, 0.29) is 11.7 Å². The van der Waals surface area contributed by atoms with Crippen LogP contribution in [0, 0.1) is 0 Å². The number of halogens is 1. The lowest BCUT2D eigenvalue weighted by Gasteiger charge is -2.11. The second-order valence-electron chi connectivity index (χ2n) is 3.54. The normalized spacial score (nSPS) is 12.4. The molecule has 1 unspecified atom stereocenters. The Hall–Kier alpha value is -0.680. The summed E-state index contributed by atoms with van der Waals surface area (Å²) in [6, 6.07) is 5.73. The standard InChI is InChI=1S/C11H14BrNO2S/c1-7(2-5-11(14)15)16-10-4-3-8(12)6-9(10)13/h3-4,6-7H,2,5,13H2,1H3,(H,14,15). The van der Waals surface area contributed by atoms with E-state index in [9.17, 15) is 4.79 Å². The van der Waals surface area contributed by atoms with Gasteiger partial charge in [0.15, 0.2) is 0 Å². The number of aliphatic carboxylic acids is 1. The molecule has 1 aromatic rings. The molecule has 3 nitrogen and oxygen atoms in total. The first kappa shape index (κ1) is 13.4. The molecule has 0 amide bonds. The van der Waals surface area contributed by atoms with Gasteiger partial charge in [0.2, 0.25) is 0 Å². The van der Waals surface area contributed by atoms with Crippen molar-refractivity contribution in [3.8, 4) is 0 Å². The van der Waals surface area contributed by atoms with E-state index < -0.39 is 5.97 Å². The van der Waals surface area contributed by atoms with Crippen molar-refractivity contribution in [3.63, 3.8) is 0 Å². The number of hydrogen-bond acceptors (Lipinski definition) is 3. The van der Waals surface area contributed by atoms with E-state index in [0.29, 0.717) is 6.42 Å². The SMILES string of the molecule is CC(CCC(=O)O)Sc1ccc(Br)cc1N. The molecular formula is C11H14BrNO2S. The van der Waals surface area contributed by atoms with Crippen molar-refractivity contribution in [1.29, 1.82) is 0 Å². The highest BCUT2D eigenvalue weighted by Gasteiger charge is 2.09. The summed E-state index contributed by atoms with van der Waals surface area (Å²) >= 11 is 4.96. The van der Waals surface area contributed by atoms with E-state index in [1.54, 1.807) is 11.8 Å².